The fourth-order valence-corrected chi connectivity index (χ4v) is 2.28. The fraction of sp³-hybridized carbons (Fsp3) is 1.00. The normalized spacial score (nSPS) is 36.2. The number of alkyl halides is 2. The summed E-state index contributed by atoms with van der Waals surface area (Å²) in [6.07, 6.45) is -1.02. The van der Waals surface area contributed by atoms with Gasteiger partial charge in [0.2, 0.25) is 0 Å². The molecule has 0 aromatic heterocycles. The van der Waals surface area contributed by atoms with Crippen molar-refractivity contribution in [2.24, 2.45) is 5.92 Å². The van der Waals surface area contributed by atoms with Crippen LogP contribution in [0.1, 0.15) is 6.42 Å². The number of hydrogen-bond donors (Lipinski definition) is 1. The standard InChI is InChI=1S/C8H14F2N2/c9-8(10)5-12-3-6-1-2-11-7(6)4-12/h6-8,11H,1-5H2/t6-,7+/m0/s1. The minimum absolute atomic E-state index is 0.0469. The molecule has 12 heavy (non-hydrogen) atoms. The van der Waals surface area contributed by atoms with Gasteiger partial charge < -0.3 is 5.32 Å². The number of hydrogen-bond acceptors (Lipinski definition) is 2. The second kappa shape index (κ2) is 3.26. The molecule has 4 heteroatoms. The lowest BCUT2D eigenvalue weighted by atomic mass is 10.1. The summed E-state index contributed by atoms with van der Waals surface area (Å²) in [4.78, 5) is 1.87. The summed E-state index contributed by atoms with van der Waals surface area (Å²) < 4.78 is 24.0. The van der Waals surface area contributed by atoms with Crippen LogP contribution in [0.4, 0.5) is 8.78 Å². The molecule has 2 atom stereocenters. The van der Waals surface area contributed by atoms with E-state index in [1.165, 1.54) is 0 Å². The van der Waals surface area contributed by atoms with Crippen LogP contribution in [0.3, 0.4) is 0 Å². The fourth-order valence-electron chi connectivity index (χ4n) is 2.28. The van der Waals surface area contributed by atoms with Crippen molar-refractivity contribution in [3.63, 3.8) is 0 Å². The summed E-state index contributed by atoms with van der Waals surface area (Å²) in [5, 5.41) is 3.34. The smallest absolute Gasteiger partial charge is 0.251 e. The molecule has 0 bridgehead atoms. The summed E-state index contributed by atoms with van der Waals surface area (Å²) in [5.41, 5.74) is 0. The third-order valence-corrected chi connectivity index (χ3v) is 2.83. The first-order chi connectivity index (χ1) is 5.75. The largest absolute Gasteiger partial charge is 0.312 e. The van der Waals surface area contributed by atoms with Crippen LogP contribution in [-0.2, 0) is 0 Å². The van der Waals surface area contributed by atoms with Gasteiger partial charge in [0.05, 0.1) is 6.54 Å². The average molecular weight is 176 g/mol. The van der Waals surface area contributed by atoms with E-state index in [0.717, 1.165) is 26.1 Å². The highest BCUT2D eigenvalue weighted by atomic mass is 19.3. The molecule has 2 fully saturated rings. The minimum Gasteiger partial charge on any atom is -0.312 e. The molecule has 0 aromatic rings. The molecule has 2 aliphatic rings. The zero-order valence-corrected chi connectivity index (χ0v) is 6.97. The van der Waals surface area contributed by atoms with Crippen LogP contribution in [-0.4, -0.2) is 43.5 Å². The van der Waals surface area contributed by atoms with E-state index in [1.54, 1.807) is 0 Å². The van der Waals surface area contributed by atoms with E-state index in [1.807, 2.05) is 4.90 Å². The molecule has 0 saturated carbocycles. The molecule has 0 aliphatic carbocycles. The van der Waals surface area contributed by atoms with E-state index in [0.29, 0.717) is 12.0 Å². The molecule has 2 heterocycles. The Balaban J connectivity index is 1.82. The van der Waals surface area contributed by atoms with Crippen molar-refractivity contribution >= 4 is 0 Å². The lowest BCUT2D eigenvalue weighted by Crippen LogP contribution is -2.32. The van der Waals surface area contributed by atoms with Crippen LogP contribution < -0.4 is 5.32 Å². The summed E-state index contributed by atoms with van der Waals surface area (Å²) in [7, 11) is 0. The molecular weight excluding hydrogens is 162 g/mol. The maximum Gasteiger partial charge on any atom is 0.251 e. The van der Waals surface area contributed by atoms with Gasteiger partial charge in [-0.15, -0.1) is 0 Å². The lowest BCUT2D eigenvalue weighted by Gasteiger charge is -2.15. The molecule has 0 spiro atoms. The predicted molar refractivity (Wildman–Crippen MR) is 42.3 cm³/mol. The SMILES string of the molecule is FC(F)CN1C[C@@H]2CCN[C@@H]2C1. The molecular formula is C8H14F2N2. The topological polar surface area (TPSA) is 15.3 Å². The number of halogens is 2. The van der Waals surface area contributed by atoms with Crippen LogP contribution in [0.5, 0.6) is 0 Å². The summed E-state index contributed by atoms with van der Waals surface area (Å²) in [6.45, 7) is 2.70. The second-order valence-electron chi connectivity index (χ2n) is 3.72. The Hall–Kier alpha value is -0.220. The van der Waals surface area contributed by atoms with Crippen molar-refractivity contribution in [2.75, 3.05) is 26.2 Å². The second-order valence-corrected chi connectivity index (χ2v) is 3.72. The number of nitrogens with one attached hydrogen (secondary N) is 1. The van der Waals surface area contributed by atoms with Gasteiger partial charge >= 0.3 is 0 Å². The minimum atomic E-state index is -2.18. The molecule has 2 saturated heterocycles. The Morgan fingerprint density at radius 1 is 1.42 bits per heavy atom. The van der Waals surface area contributed by atoms with Gasteiger partial charge in [-0.25, -0.2) is 8.78 Å². The van der Waals surface area contributed by atoms with Gasteiger partial charge in [0.25, 0.3) is 6.43 Å². The van der Waals surface area contributed by atoms with Crippen molar-refractivity contribution in [1.82, 2.24) is 10.2 Å². The Labute approximate surface area is 70.9 Å². The Morgan fingerprint density at radius 2 is 2.25 bits per heavy atom. The van der Waals surface area contributed by atoms with E-state index in [-0.39, 0.29) is 6.54 Å². The highest BCUT2D eigenvalue weighted by molar-refractivity contribution is 4.93. The molecule has 0 radical (unpaired) electrons. The van der Waals surface area contributed by atoms with Crippen molar-refractivity contribution in [3.05, 3.63) is 0 Å². The summed E-state index contributed by atoms with van der Waals surface area (Å²) in [6, 6.07) is 0.490. The van der Waals surface area contributed by atoms with Gasteiger partial charge in [-0.1, -0.05) is 0 Å². The number of rotatable bonds is 2. The average Bonchev–Trinajstić information content (AvgIpc) is 2.43. The Morgan fingerprint density at radius 3 is 2.92 bits per heavy atom. The van der Waals surface area contributed by atoms with Crippen LogP contribution in [0.25, 0.3) is 0 Å². The van der Waals surface area contributed by atoms with Crippen LogP contribution in [0.2, 0.25) is 0 Å². The molecule has 70 valence electrons. The molecule has 2 nitrogen and oxygen atoms in total. The van der Waals surface area contributed by atoms with Crippen molar-refractivity contribution in [1.29, 1.82) is 0 Å². The first-order valence-corrected chi connectivity index (χ1v) is 4.49. The third-order valence-electron chi connectivity index (χ3n) is 2.83. The number of fused-ring (bicyclic) bond motifs is 1. The quantitative estimate of drug-likeness (QED) is 0.660. The zero-order valence-electron chi connectivity index (χ0n) is 6.97. The van der Waals surface area contributed by atoms with Gasteiger partial charge in [0, 0.05) is 19.1 Å². The van der Waals surface area contributed by atoms with Gasteiger partial charge in [-0.05, 0) is 18.9 Å². The van der Waals surface area contributed by atoms with E-state index in [9.17, 15) is 8.78 Å². The third kappa shape index (κ3) is 1.59. The summed E-state index contributed by atoms with van der Waals surface area (Å²) >= 11 is 0. The highest BCUT2D eigenvalue weighted by Gasteiger charge is 2.36. The number of likely N-dealkylation sites (tertiary alicyclic amines) is 1. The Bertz CT molecular complexity index is 151. The molecule has 0 unspecified atom stereocenters. The molecule has 0 aromatic carbocycles. The van der Waals surface area contributed by atoms with E-state index < -0.39 is 6.43 Å². The van der Waals surface area contributed by atoms with E-state index in [4.69, 9.17) is 0 Å². The van der Waals surface area contributed by atoms with Gasteiger partial charge in [-0.3, -0.25) is 4.90 Å². The van der Waals surface area contributed by atoms with Crippen LogP contribution >= 0.6 is 0 Å². The van der Waals surface area contributed by atoms with Gasteiger partial charge in [0.15, 0.2) is 0 Å². The molecule has 1 N–H and O–H groups in total. The van der Waals surface area contributed by atoms with Crippen molar-refractivity contribution in [3.8, 4) is 0 Å². The maximum absolute atomic E-state index is 12.0. The first kappa shape index (κ1) is 8.38. The van der Waals surface area contributed by atoms with E-state index >= 15 is 0 Å². The molecule has 0 amide bonds. The summed E-state index contributed by atoms with van der Waals surface area (Å²) in [5.74, 6) is 0.628. The monoisotopic (exact) mass is 176 g/mol. The van der Waals surface area contributed by atoms with Gasteiger partial charge in [-0.2, -0.15) is 0 Å². The molecule has 2 aliphatic heterocycles. The van der Waals surface area contributed by atoms with Crippen molar-refractivity contribution in [2.45, 2.75) is 18.9 Å². The number of nitrogens with zero attached hydrogens (tertiary/aromatic N) is 1. The predicted octanol–water partition coefficient (Wildman–Crippen LogP) is 0.545. The first-order valence-electron chi connectivity index (χ1n) is 4.49. The maximum atomic E-state index is 12.0. The Kier molecular flexibility index (Phi) is 2.28. The van der Waals surface area contributed by atoms with Crippen LogP contribution in [0, 0.1) is 5.92 Å². The lowest BCUT2D eigenvalue weighted by molar-refractivity contribution is 0.0966. The molecule has 2 rings (SSSR count). The van der Waals surface area contributed by atoms with Crippen molar-refractivity contribution < 1.29 is 8.78 Å². The van der Waals surface area contributed by atoms with E-state index in [2.05, 4.69) is 5.32 Å². The highest BCUT2D eigenvalue weighted by Crippen LogP contribution is 2.24. The van der Waals surface area contributed by atoms with Gasteiger partial charge in [0.1, 0.15) is 0 Å². The zero-order chi connectivity index (χ0) is 8.55. The van der Waals surface area contributed by atoms with Crippen LogP contribution in [0.15, 0.2) is 0 Å².